The van der Waals surface area contributed by atoms with Crippen molar-refractivity contribution in [2.24, 2.45) is 0 Å². The number of benzene rings is 4. The van der Waals surface area contributed by atoms with Crippen LogP contribution in [0.25, 0.3) is 45.1 Å². The quantitative estimate of drug-likeness (QED) is 0.128. The summed E-state index contributed by atoms with van der Waals surface area (Å²) < 4.78 is 93.1. The highest BCUT2D eigenvalue weighted by molar-refractivity contribution is 9.10. The standard InChI is InChI=1S/C20H18BrF3N2O.C16H10BrClF3NO/c1-12-14(5-4-6-16(12)21)19-25-17-9-13(11-26-7-2-3-8-26)15(20(22,23)24)10-18(17)27-19;1-8-10(3-2-4-12(8)17)15-22-13-5-9(7-18)11(16(19,20)21)6-14(13)23-15/h4-6,9-10H,2-3,7-8,11H2,1H3;2-6H,7H2,1H3. The van der Waals surface area contributed by atoms with Crippen molar-refractivity contribution in [3.8, 4) is 22.9 Å². The van der Waals surface area contributed by atoms with E-state index in [4.69, 9.17) is 20.4 Å². The second-order valence-corrected chi connectivity index (χ2v) is 13.9. The second kappa shape index (κ2) is 14.3. The van der Waals surface area contributed by atoms with Gasteiger partial charge in [0.1, 0.15) is 11.0 Å². The van der Waals surface area contributed by atoms with Gasteiger partial charge in [-0.05, 0) is 111 Å². The molecular formula is C36H28Br2ClF6N3O2. The van der Waals surface area contributed by atoms with Crippen molar-refractivity contribution < 1.29 is 35.2 Å². The van der Waals surface area contributed by atoms with Crippen molar-refractivity contribution >= 4 is 65.7 Å². The summed E-state index contributed by atoms with van der Waals surface area (Å²) in [6.07, 6.45) is -6.86. The predicted octanol–water partition coefficient (Wildman–Crippen LogP) is 12.5. The van der Waals surface area contributed by atoms with Crippen LogP contribution in [-0.4, -0.2) is 28.0 Å². The van der Waals surface area contributed by atoms with Gasteiger partial charge in [-0.25, -0.2) is 9.97 Å². The molecule has 0 atom stereocenters. The first-order chi connectivity index (χ1) is 23.6. The molecule has 4 aromatic carbocycles. The maximum atomic E-state index is 13.6. The van der Waals surface area contributed by atoms with Gasteiger partial charge < -0.3 is 8.83 Å². The summed E-state index contributed by atoms with van der Waals surface area (Å²) in [6, 6.07) is 16.0. The highest BCUT2D eigenvalue weighted by Gasteiger charge is 2.36. The Bertz CT molecular complexity index is 2190. The van der Waals surface area contributed by atoms with Crippen LogP contribution in [0.5, 0.6) is 0 Å². The van der Waals surface area contributed by atoms with Crippen LogP contribution in [0.3, 0.4) is 0 Å². The lowest BCUT2D eigenvalue weighted by Crippen LogP contribution is -2.21. The number of fused-ring (bicyclic) bond motifs is 2. The highest BCUT2D eigenvalue weighted by Crippen LogP contribution is 2.39. The molecule has 1 aliphatic rings. The number of halogens is 9. The molecule has 5 nitrogen and oxygen atoms in total. The molecule has 0 amide bonds. The summed E-state index contributed by atoms with van der Waals surface area (Å²) in [4.78, 5) is 10.8. The Kier molecular flexibility index (Phi) is 10.4. The minimum Gasteiger partial charge on any atom is -0.436 e. The fraction of sp³-hybridized carbons (Fsp3) is 0.278. The molecule has 1 aliphatic heterocycles. The van der Waals surface area contributed by atoms with Gasteiger partial charge in [-0.1, -0.05) is 44.0 Å². The minimum absolute atomic E-state index is 0.0162. The van der Waals surface area contributed by atoms with Crippen molar-refractivity contribution in [1.82, 2.24) is 14.9 Å². The largest absolute Gasteiger partial charge is 0.436 e. The molecule has 3 heterocycles. The molecule has 6 aromatic rings. The van der Waals surface area contributed by atoms with E-state index in [0.29, 0.717) is 16.9 Å². The van der Waals surface area contributed by atoms with E-state index in [1.807, 2.05) is 44.2 Å². The summed E-state index contributed by atoms with van der Waals surface area (Å²) >= 11 is 12.5. The van der Waals surface area contributed by atoms with E-state index < -0.39 is 23.5 Å². The summed E-state index contributed by atoms with van der Waals surface area (Å²) in [5, 5.41) is 0. The Balaban J connectivity index is 0.000000175. The summed E-state index contributed by atoms with van der Waals surface area (Å²) in [7, 11) is 0. The van der Waals surface area contributed by atoms with Gasteiger partial charge in [0.2, 0.25) is 11.8 Å². The third-order valence-electron chi connectivity index (χ3n) is 8.57. The number of likely N-dealkylation sites (tertiary alicyclic amines) is 1. The van der Waals surface area contributed by atoms with Gasteiger partial charge in [0, 0.05) is 32.5 Å². The predicted molar refractivity (Wildman–Crippen MR) is 188 cm³/mol. The SMILES string of the molecule is Cc1c(Br)cccc1-c1nc2cc(CCl)c(C(F)(F)F)cc2o1.Cc1c(Br)cccc1-c1nc2cc(CN3CCCC3)c(C(F)(F)F)cc2o1. The molecule has 0 bridgehead atoms. The zero-order valence-corrected chi connectivity index (χ0v) is 30.5. The van der Waals surface area contributed by atoms with Gasteiger partial charge in [-0.15, -0.1) is 11.6 Å². The Labute approximate surface area is 304 Å². The van der Waals surface area contributed by atoms with Gasteiger partial charge in [0.05, 0.1) is 11.1 Å². The lowest BCUT2D eigenvalue weighted by molar-refractivity contribution is -0.139. The number of oxazole rings is 2. The summed E-state index contributed by atoms with van der Waals surface area (Å²) in [5.74, 6) is 0.358. The van der Waals surface area contributed by atoms with Crippen molar-refractivity contribution in [1.29, 1.82) is 0 Å². The lowest BCUT2D eigenvalue weighted by atomic mass is 10.1. The van der Waals surface area contributed by atoms with Crippen LogP contribution >= 0.6 is 43.5 Å². The lowest BCUT2D eigenvalue weighted by Gasteiger charge is -2.18. The second-order valence-electron chi connectivity index (χ2n) is 11.9. The summed E-state index contributed by atoms with van der Waals surface area (Å²) in [6.45, 7) is 5.73. The first-order valence-electron chi connectivity index (χ1n) is 15.4. The summed E-state index contributed by atoms with van der Waals surface area (Å²) in [5.41, 5.74) is 3.14. The Morgan fingerprint density at radius 3 is 1.58 bits per heavy atom. The third kappa shape index (κ3) is 7.61. The van der Waals surface area contributed by atoms with E-state index in [0.717, 1.165) is 69.3 Å². The molecule has 1 saturated heterocycles. The molecular weight excluding hydrogens is 816 g/mol. The first kappa shape index (κ1) is 36.4. The van der Waals surface area contributed by atoms with Crippen molar-refractivity contribution in [3.63, 3.8) is 0 Å². The number of alkyl halides is 7. The van der Waals surface area contributed by atoms with Crippen LogP contribution < -0.4 is 0 Å². The van der Waals surface area contributed by atoms with E-state index in [2.05, 4.69) is 46.7 Å². The first-order valence-corrected chi connectivity index (χ1v) is 17.6. The molecule has 7 rings (SSSR count). The van der Waals surface area contributed by atoms with Gasteiger partial charge in [0.25, 0.3) is 0 Å². The van der Waals surface area contributed by atoms with E-state index in [-0.39, 0.29) is 40.6 Å². The monoisotopic (exact) mass is 841 g/mol. The number of nitrogens with zero attached hydrogens (tertiary/aromatic N) is 3. The molecule has 0 radical (unpaired) electrons. The maximum absolute atomic E-state index is 13.6. The average Bonchev–Trinajstić information content (AvgIpc) is 3.82. The molecule has 262 valence electrons. The smallest absolute Gasteiger partial charge is 0.416 e. The normalized spacial score (nSPS) is 14.1. The van der Waals surface area contributed by atoms with Gasteiger partial charge >= 0.3 is 12.4 Å². The molecule has 1 fully saturated rings. The Morgan fingerprint density at radius 2 is 1.14 bits per heavy atom. The number of rotatable bonds is 5. The third-order valence-corrected chi connectivity index (χ3v) is 10.6. The molecule has 0 aliphatic carbocycles. The van der Waals surface area contributed by atoms with Crippen LogP contribution in [0, 0.1) is 13.8 Å². The molecule has 0 spiro atoms. The van der Waals surface area contributed by atoms with Crippen LogP contribution in [0.4, 0.5) is 26.3 Å². The topological polar surface area (TPSA) is 55.3 Å². The number of aromatic nitrogens is 2. The number of hydrogen-bond donors (Lipinski definition) is 0. The van der Waals surface area contributed by atoms with E-state index >= 15 is 0 Å². The Hall–Kier alpha value is -3.39. The highest BCUT2D eigenvalue weighted by atomic mass is 79.9. The zero-order chi connectivity index (χ0) is 36.0. The van der Waals surface area contributed by atoms with Gasteiger partial charge in [0.15, 0.2) is 11.2 Å². The zero-order valence-electron chi connectivity index (χ0n) is 26.6. The average molecular weight is 844 g/mol. The molecule has 0 saturated carbocycles. The fourth-order valence-corrected chi connectivity index (χ4v) is 6.85. The van der Waals surface area contributed by atoms with Crippen LogP contribution in [0.2, 0.25) is 0 Å². The maximum Gasteiger partial charge on any atom is 0.416 e. The number of hydrogen-bond acceptors (Lipinski definition) is 5. The van der Waals surface area contributed by atoms with Crippen LogP contribution in [0.15, 0.2) is 78.4 Å². The minimum atomic E-state index is -4.49. The van der Waals surface area contributed by atoms with Crippen LogP contribution in [0.1, 0.15) is 46.2 Å². The Morgan fingerprint density at radius 1 is 0.700 bits per heavy atom. The van der Waals surface area contributed by atoms with E-state index in [1.54, 1.807) is 6.07 Å². The molecule has 0 unspecified atom stereocenters. The molecule has 14 heteroatoms. The van der Waals surface area contributed by atoms with Gasteiger partial charge in [-0.2, -0.15) is 26.3 Å². The van der Waals surface area contributed by atoms with Crippen molar-refractivity contribution in [3.05, 3.63) is 103 Å². The fourth-order valence-electron chi connectivity index (χ4n) is 5.89. The van der Waals surface area contributed by atoms with Gasteiger partial charge in [-0.3, -0.25) is 4.90 Å². The van der Waals surface area contributed by atoms with E-state index in [9.17, 15) is 26.3 Å². The van der Waals surface area contributed by atoms with Crippen molar-refractivity contribution in [2.45, 2.75) is 51.5 Å². The molecule has 0 N–H and O–H groups in total. The molecule has 50 heavy (non-hydrogen) atoms. The van der Waals surface area contributed by atoms with Crippen LogP contribution in [-0.2, 0) is 24.8 Å². The van der Waals surface area contributed by atoms with E-state index in [1.165, 1.54) is 12.1 Å². The van der Waals surface area contributed by atoms with Crippen molar-refractivity contribution in [2.75, 3.05) is 13.1 Å². The molecule has 2 aromatic heterocycles.